The van der Waals surface area contributed by atoms with Crippen LogP contribution >= 0.6 is 0 Å². The maximum Gasteiger partial charge on any atom is 0.471 e. The standard InChI is InChI=1S/C43H47F3N4O5/c44-43(45,46)42(53)50-18-6-13-38(50)40(52)47-26-32-9-4-10-34(23-32)35-11-5-12-36(24-35)41-54-37(25-39(55-41)33-16-14-31(29-51)15-17-33)28-49-21-19-48(20-22-49)27-30-7-2-1-3-8-30/h1-5,7-12,14-17,23-24,37-39,41,51H,6,13,18-22,25-29H2,(H,47,52). The van der Waals surface area contributed by atoms with Crippen molar-refractivity contribution in [3.63, 3.8) is 0 Å². The van der Waals surface area contributed by atoms with Crippen molar-refractivity contribution in [2.45, 2.75) is 69.7 Å². The Bertz CT molecular complexity index is 1900. The molecule has 0 bridgehead atoms. The summed E-state index contributed by atoms with van der Waals surface area (Å²) < 4.78 is 52.7. The Morgan fingerprint density at radius 1 is 0.745 bits per heavy atom. The van der Waals surface area contributed by atoms with Crippen LogP contribution in [0.5, 0.6) is 0 Å². The van der Waals surface area contributed by atoms with Crippen molar-refractivity contribution < 1.29 is 37.3 Å². The Morgan fingerprint density at radius 3 is 2.16 bits per heavy atom. The van der Waals surface area contributed by atoms with Crippen LogP contribution in [0.4, 0.5) is 13.2 Å². The average Bonchev–Trinajstić information content (AvgIpc) is 3.71. The summed E-state index contributed by atoms with van der Waals surface area (Å²) in [5.74, 6) is -2.58. The second kappa shape index (κ2) is 17.5. The molecule has 2 amide bonds. The molecule has 0 spiro atoms. The van der Waals surface area contributed by atoms with Gasteiger partial charge in [0, 0.05) is 64.3 Å². The zero-order valence-corrected chi connectivity index (χ0v) is 30.7. The number of amides is 2. The quantitative estimate of drug-likeness (QED) is 0.184. The summed E-state index contributed by atoms with van der Waals surface area (Å²) in [6.07, 6.45) is -4.73. The third kappa shape index (κ3) is 9.81. The van der Waals surface area contributed by atoms with Crippen LogP contribution in [-0.4, -0.2) is 89.2 Å². The summed E-state index contributed by atoms with van der Waals surface area (Å²) in [7, 11) is 0. The van der Waals surface area contributed by atoms with Crippen molar-refractivity contribution in [1.82, 2.24) is 20.0 Å². The van der Waals surface area contributed by atoms with Crippen LogP contribution in [0.1, 0.15) is 59.5 Å². The molecule has 4 aromatic rings. The van der Waals surface area contributed by atoms with Crippen LogP contribution in [0.25, 0.3) is 11.1 Å². The van der Waals surface area contributed by atoms with Gasteiger partial charge in [-0.15, -0.1) is 0 Å². The topological polar surface area (TPSA) is 94.6 Å². The molecular formula is C43H47F3N4O5. The molecule has 4 unspecified atom stereocenters. The van der Waals surface area contributed by atoms with Gasteiger partial charge in [0.15, 0.2) is 6.29 Å². The lowest BCUT2D eigenvalue weighted by Gasteiger charge is -2.41. The van der Waals surface area contributed by atoms with E-state index in [1.165, 1.54) is 5.56 Å². The molecule has 0 radical (unpaired) electrons. The number of benzene rings is 4. The molecule has 9 nitrogen and oxygen atoms in total. The van der Waals surface area contributed by atoms with Crippen molar-refractivity contribution in [3.8, 4) is 11.1 Å². The predicted molar refractivity (Wildman–Crippen MR) is 201 cm³/mol. The highest BCUT2D eigenvalue weighted by atomic mass is 19.4. The van der Waals surface area contributed by atoms with Crippen LogP contribution in [-0.2, 0) is 38.8 Å². The number of nitrogens with one attached hydrogen (secondary N) is 1. The Morgan fingerprint density at radius 2 is 1.44 bits per heavy atom. The number of carbonyl (C=O) groups excluding carboxylic acids is 2. The normalized spacial score (nSPS) is 22.4. The van der Waals surface area contributed by atoms with E-state index in [9.17, 15) is 27.9 Å². The third-order valence-corrected chi connectivity index (χ3v) is 10.7. The van der Waals surface area contributed by atoms with Gasteiger partial charge in [-0.25, -0.2) is 0 Å². The molecule has 12 heteroatoms. The summed E-state index contributed by atoms with van der Waals surface area (Å²) >= 11 is 0. The van der Waals surface area contributed by atoms with Crippen molar-refractivity contribution in [2.24, 2.45) is 0 Å². The molecule has 3 fully saturated rings. The molecule has 3 aliphatic rings. The number of rotatable bonds is 11. The molecule has 7 rings (SSSR count). The van der Waals surface area contributed by atoms with Crippen molar-refractivity contribution in [2.75, 3.05) is 39.3 Å². The van der Waals surface area contributed by atoms with Crippen LogP contribution in [0.2, 0.25) is 0 Å². The van der Waals surface area contributed by atoms with Crippen molar-refractivity contribution in [3.05, 3.63) is 131 Å². The maximum absolute atomic E-state index is 13.1. The third-order valence-electron chi connectivity index (χ3n) is 10.7. The van der Waals surface area contributed by atoms with Gasteiger partial charge in [0.1, 0.15) is 6.04 Å². The lowest BCUT2D eigenvalue weighted by Crippen LogP contribution is -2.50. The molecule has 0 aliphatic carbocycles. The molecule has 55 heavy (non-hydrogen) atoms. The highest BCUT2D eigenvalue weighted by molar-refractivity contribution is 5.90. The first-order chi connectivity index (χ1) is 26.6. The highest BCUT2D eigenvalue weighted by Gasteiger charge is 2.47. The van der Waals surface area contributed by atoms with E-state index in [2.05, 4.69) is 39.4 Å². The van der Waals surface area contributed by atoms with E-state index in [0.29, 0.717) is 17.7 Å². The highest BCUT2D eigenvalue weighted by Crippen LogP contribution is 2.39. The van der Waals surface area contributed by atoms with E-state index >= 15 is 0 Å². The van der Waals surface area contributed by atoms with Gasteiger partial charge in [-0.1, -0.05) is 91.0 Å². The Balaban J connectivity index is 1.02. The molecule has 3 saturated heterocycles. The van der Waals surface area contributed by atoms with Gasteiger partial charge in [0.25, 0.3) is 0 Å². The first-order valence-corrected chi connectivity index (χ1v) is 19.0. The van der Waals surface area contributed by atoms with E-state index < -0.39 is 30.3 Å². The number of aliphatic hydroxyl groups is 1. The molecule has 3 heterocycles. The second-order valence-corrected chi connectivity index (χ2v) is 14.6. The molecular weight excluding hydrogens is 709 g/mol. The van der Waals surface area contributed by atoms with E-state index in [-0.39, 0.29) is 38.3 Å². The number of ether oxygens (including phenoxy) is 2. The summed E-state index contributed by atoms with van der Waals surface area (Å²) in [5, 5.41) is 12.4. The number of alkyl halides is 3. The van der Waals surface area contributed by atoms with Gasteiger partial charge in [0.05, 0.1) is 18.8 Å². The van der Waals surface area contributed by atoms with Crippen LogP contribution in [0.15, 0.2) is 103 Å². The lowest BCUT2D eigenvalue weighted by atomic mass is 9.98. The average molecular weight is 757 g/mol. The van der Waals surface area contributed by atoms with E-state index in [1.54, 1.807) is 0 Å². The molecule has 3 aliphatic heterocycles. The van der Waals surface area contributed by atoms with Gasteiger partial charge in [-0.3, -0.25) is 19.4 Å². The minimum absolute atomic E-state index is 0.0289. The summed E-state index contributed by atoms with van der Waals surface area (Å²) in [6.45, 7) is 5.56. The van der Waals surface area contributed by atoms with Crippen LogP contribution in [0, 0.1) is 0 Å². The second-order valence-electron chi connectivity index (χ2n) is 14.6. The SMILES string of the molecule is O=C(NCc1cccc(-c2cccc(C3OC(CN4CCN(Cc5ccccc5)CC4)CC(c4ccc(CO)cc4)O3)c2)c1)C1CCCN1C(=O)C(F)(F)F. The number of hydrogen-bond acceptors (Lipinski definition) is 7. The lowest BCUT2D eigenvalue weighted by molar-refractivity contribution is -0.253. The minimum atomic E-state index is -5.02. The van der Waals surface area contributed by atoms with Gasteiger partial charge >= 0.3 is 12.1 Å². The number of halogens is 3. The van der Waals surface area contributed by atoms with Gasteiger partial charge < -0.3 is 24.8 Å². The van der Waals surface area contributed by atoms with E-state index in [1.807, 2.05) is 78.9 Å². The Hall–Kier alpha value is -4.59. The zero-order chi connectivity index (χ0) is 38.4. The van der Waals surface area contributed by atoms with E-state index in [0.717, 1.165) is 72.6 Å². The molecule has 0 saturated carbocycles. The van der Waals surface area contributed by atoms with Crippen LogP contribution < -0.4 is 5.32 Å². The van der Waals surface area contributed by atoms with Crippen molar-refractivity contribution >= 4 is 11.8 Å². The van der Waals surface area contributed by atoms with Crippen molar-refractivity contribution in [1.29, 1.82) is 0 Å². The fourth-order valence-electron chi connectivity index (χ4n) is 7.77. The first kappa shape index (κ1) is 38.7. The number of hydrogen-bond donors (Lipinski definition) is 2. The van der Waals surface area contributed by atoms with E-state index in [4.69, 9.17) is 9.47 Å². The summed E-state index contributed by atoms with van der Waals surface area (Å²) in [4.78, 5) is 30.4. The maximum atomic E-state index is 13.1. The predicted octanol–water partition coefficient (Wildman–Crippen LogP) is 6.38. The largest absolute Gasteiger partial charge is 0.471 e. The molecule has 2 N–H and O–H groups in total. The Labute approximate surface area is 319 Å². The molecule has 4 atom stereocenters. The summed E-state index contributed by atoms with van der Waals surface area (Å²) in [5.41, 5.74) is 6.61. The fourth-order valence-corrected chi connectivity index (χ4v) is 7.77. The number of aliphatic hydroxyl groups excluding tert-OH is 1. The number of nitrogens with zero attached hydrogens (tertiary/aromatic N) is 3. The minimum Gasteiger partial charge on any atom is -0.392 e. The number of piperazine rings is 1. The first-order valence-electron chi connectivity index (χ1n) is 19.0. The molecule has 290 valence electrons. The van der Waals surface area contributed by atoms with Gasteiger partial charge in [0.2, 0.25) is 5.91 Å². The van der Waals surface area contributed by atoms with Gasteiger partial charge in [-0.05, 0) is 58.4 Å². The summed E-state index contributed by atoms with van der Waals surface area (Å²) in [6, 6.07) is 32.8. The van der Waals surface area contributed by atoms with Gasteiger partial charge in [-0.2, -0.15) is 13.2 Å². The smallest absolute Gasteiger partial charge is 0.392 e. The monoisotopic (exact) mass is 756 g/mol. The molecule has 4 aromatic carbocycles. The number of carbonyl (C=O) groups is 2. The Kier molecular flexibility index (Phi) is 12.3. The fraction of sp³-hybridized carbons (Fsp3) is 0.395. The van der Waals surface area contributed by atoms with Crippen LogP contribution in [0.3, 0.4) is 0 Å². The number of likely N-dealkylation sites (tertiary alicyclic amines) is 1. The zero-order valence-electron chi connectivity index (χ0n) is 30.7. The molecule has 0 aromatic heterocycles.